The van der Waals surface area contributed by atoms with E-state index < -0.39 is 16.2 Å². The summed E-state index contributed by atoms with van der Waals surface area (Å²) in [5.41, 5.74) is 0.247. The van der Waals surface area contributed by atoms with Crippen LogP contribution in [0.5, 0.6) is 11.5 Å². The maximum absolute atomic E-state index is 12.9. The molecule has 36 heavy (non-hydrogen) atoms. The van der Waals surface area contributed by atoms with Gasteiger partial charge in [0.1, 0.15) is 0 Å². The van der Waals surface area contributed by atoms with Gasteiger partial charge in [0, 0.05) is 63.0 Å². The SMILES string of the molecule is COc1cc2[nH]c(=O)n(CCCC(=O)N3CCN(c4ccc([N+](=O)[O-])cc4)CC3)c(=O)c2cc1OC. The molecule has 0 saturated carbocycles. The van der Waals surface area contributed by atoms with E-state index in [0.717, 1.165) is 10.3 Å². The van der Waals surface area contributed by atoms with Gasteiger partial charge in [-0.05, 0) is 24.6 Å². The number of fused-ring (bicyclic) bond motifs is 1. The number of methoxy groups -OCH3 is 2. The number of ether oxygens (including phenoxy) is 2. The molecule has 1 N–H and O–H groups in total. The van der Waals surface area contributed by atoms with Crippen LogP contribution >= 0.6 is 0 Å². The Morgan fingerprint density at radius 1 is 1.03 bits per heavy atom. The van der Waals surface area contributed by atoms with Gasteiger partial charge in [-0.25, -0.2) is 4.79 Å². The Kier molecular flexibility index (Phi) is 7.23. The fourth-order valence-corrected chi connectivity index (χ4v) is 4.33. The second kappa shape index (κ2) is 10.5. The first-order chi connectivity index (χ1) is 17.3. The lowest BCUT2D eigenvalue weighted by Gasteiger charge is -2.36. The average Bonchev–Trinajstić information content (AvgIpc) is 2.89. The number of nitro benzene ring substituents is 1. The van der Waals surface area contributed by atoms with Gasteiger partial charge in [0.2, 0.25) is 5.91 Å². The molecule has 2 heterocycles. The Hall–Kier alpha value is -4.35. The summed E-state index contributed by atoms with van der Waals surface area (Å²) in [5.74, 6) is 0.732. The van der Waals surface area contributed by atoms with Crippen LogP contribution in [0.4, 0.5) is 11.4 Å². The van der Waals surface area contributed by atoms with Crippen LogP contribution in [0.2, 0.25) is 0 Å². The predicted molar refractivity (Wildman–Crippen MR) is 133 cm³/mol. The third-order valence-corrected chi connectivity index (χ3v) is 6.32. The molecule has 1 fully saturated rings. The Bertz CT molecular complexity index is 1390. The van der Waals surface area contributed by atoms with Crippen LogP contribution < -0.4 is 25.6 Å². The Labute approximate surface area is 205 Å². The first-order valence-electron chi connectivity index (χ1n) is 11.5. The quantitative estimate of drug-likeness (QED) is 0.367. The molecule has 1 aliphatic heterocycles. The van der Waals surface area contributed by atoms with Crippen molar-refractivity contribution in [1.29, 1.82) is 0 Å². The molecule has 3 aromatic rings. The molecule has 0 radical (unpaired) electrons. The second-order valence-corrected chi connectivity index (χ2v) is 8.38. The van der Waals surface area contributed by atoms with E-state index in [1.54, 1.807) is 23.1 Å². The van der Waals surface area contributed by atoms with Crippen molar-refractivity contribution in [2.75, 3.05) is 45.3 Å². The number of H-pyrrole nitrogens is 1. The molecule has 0 unspecified atom stereocenters. The highest BCUT2D eigenvalue weighted by molar-refractivity contribution is 5.81. The van der Waals surface area contributed by atoms with Gasteiger partial charge in [-0.2, -0.15) is 0 Å². The van der Waals surface area contributed by atoms with Gasteiger partial charge in [-0.15, -0.1) is 0 Å². The number of non-ortho nitro benzene ring substituents is 1. The van der Waals surface area contributed by atoms with E-state index in [2.05, 4.69) is 9.88 Å². The predicted octanol–water partition coefficient (Wildman–Crippen LogP) is 1.74. The fraction of sp³-hybridized carbons (Fsp3) is 0.375. The number of piperazine rings is 1. The average molecular weight is 498 g/mol. The van der Waals surface area contributed by atoms with Crippen molar-refractivity contribution in [3.63, 3.8) is 0 Å². The number of rotatable bonds is 8. The Morgan fingerprint density at radius 2 is 1.67 bits per heavy atom. The number of carbonyl (C=O) groups excluding carboxylic acids is 1. The molecule has 4 rings (SSSR count). The van der Waals surface area contributed by atoms with Gasteiger partial charge in [-0.1, -0.05) is 0 Å². The van der Waals surface area contributed by atoms with E-state index in [1.165, 1.54) is 32.4 Å². The largest absolute Gasteiger partial charge is 0.493 e. The minimum absolute atomic E-state index is 0.0378. The molecule has 0 aliphatic carbocycles. The van der Waals surface area contributed by atoms with Gasteiger partial charge in [0.25, 0.3) is 11.2 Å². The number of aromatic nitrogens is 2. The third-order valence-electron chi connectivity index (χ3n) is 6.32. The molecule has 1 aromatic heterocycles. The van der Waals surface area contributed by atoms with Crippen LogP contribution in [-0.2, 0) is 11.3 Å². The number of benzene rings is 2. The van der Waals surface area contributed by atoms with Gasteiger partial charge in [0.15, 0.2) is 11.5 Å². The summed E-state index contributed by atoms with van der Waals surface area (Å²) in [7, 11) is 2.93. The van der Waals surface area contributed by atoms with Gasteiger partial charge in [0.05, 0.1) is 30.0 Å². The molecule has 1 saturated heterocycles. The first-order valence-corrected chi connectivity index (χ1v) is 11.5. The van der Waals surface area contributed by atoms with Crippen LogP contribution in [0.3, 0.4) is 0 Å². The van der Waals surface area contributed by atoms with Crippen molar-refractivity contribution in [1.82, 2.24) is 14.5 Å². The number of anilines is 1. The number of nitrogens with zero attached hydrogens (tertiary/aromatic N) is 4. The smallest absolute Gasteiger partial charge is 0.328 e. The maximum atomic E-state index is 12.9. The molecule has 1 aliphatic rings. The van der Waals surface area contributed by atoms with Gasteiger partial charge < -0.3 is 24.3 Å². The summed E-state index contributed by atoms with van der Waals surface area (Å²) in [6, 6.07) is 9.42. The van der Waals surface area contributed by atoms with E-state index in [4.69, 9.17) is 9.47 Å². The molecule has 12 heteroatoms. The minimum atomic E-state index is -0.552. The normalized spacial score (nSPS) is 13.6. The highest BCUT2D eigenvalue weighted by Crippen LogP contribution is 2.29. The number of aromatic amines is 1. The van der Waals surface area contributed by atoms with Crippen LogP contribution in [0.15, 0.2) is 46.0 Å². The van der Waals surface area contributed by atoms with Crippen LogP contribution in [-0.4, -0.2) is 65.7 Å². The number of hydrogen-bond donors (Lipinski definition) is 1. The maximum Gasteiger partial charge on any atom is 0.328 e. The Balaban J connectivity index is 1.35. The molecule has 0 bridgehead atoms. The van der Waals surface area contributed by atoms with E-state index >= 15 is 0 Å². The summed E-state index contributed by atoms with van der Waals surface area (Å²) in [4.78, 5) is 55.1. The molecule has 1 amide bonds. The molecule has 190 valence electrons. The van der Waals surface area contributed by atoms with Crippen molar-refractivity contribution >= 4 is 28.2 Å². The standard InChI is InChI=1S/C24H27N5O7/c1-35-20-14-18-19(15-21(20)36-2)25-24(32)28(23(18)31)9-3-4-22(30)27-12-10-26(11-13-27)16-5-7-17(8-6-16)29(33)34/h5-8,14-15H,3-4,9-13H2,1-2H3,(H,25,32). The van der Waals surface area contributed by atoms with E-state index in [1.807, 2.05) is 0 Å². The summed E-state index contributed by atoms with van der Waals surface area (Å²) < 4.78 is 11.6. The minimum Gasteiger partial charge on any atom is -0.493 e. The van der Waals surface area contributed by atoms with Crippen LogP contribution in [0, 0.1) is 10.1 Å². The first kappa shape index (κ1) is 24.8. The number of hydrogen-bond acceptors (Lipinski definition) is 8. The summed E-state index contributed by atoms with van der Waals surface area (Å²) in [6.07, 6.45) is 0.538. The third kappa shape index (κ3) is 5.02. The van der Waals surface area contributed by atoms with Crippen molar-refractivity contribution in [2.24, 2.45) is 0 Å². The highest BCUT2D eigenvalue weighted by atomic mass is 16.6. The zero-order chi connectivity index (χ0) is 25.8. The molecule has 0 atom stereocenters. The Morgan fingerprint density at radius 3 is 2.28 bits per heavy atom. The zero-order valence-electron chi connectivity index (χ0n) is 20.1. The molecular weight excluding hydrogens is 470 g/mol. The lowest BCUT2D eigenvalue weighted by molar-refractivity contribution is -0.384. The van der Waals surface area contributed by atoms with Crippen LogP contribution in [0.25, 0.3) is 10.9 Å². The number of nitro groups is 1. The number of amides is 1. The van der Waals surface area contributed by atoms with Gasteiger partial charge >= 0.3 is 5.69 Å². The lowest BCUT2D eigenvalue weighted by Crippen LogP contribution is -2.48. The summed E-state index contributed by atoms with van der Waals surface area (Å²) >= 11 is 0. The van der Waals surface area contributed by atoms with E-state index in [0.29, 0.717) is 55.0 Å². The summed E-state index contributed by atoms with van der Waals surface area (Å²) in [6.45, 7) is 2.37. The highest BCUT2D eigenvalue weighted by Gasteiger charge is 2.22. The zero-order valence-corrected chi connectivity index (χ0v) is 20.1. The van der Waals surface area contributed by atoms with E-state index in [9.17, 15) is 24.5 Å². The van der Waals surface area contributed by atoms with Crippen molar-refractivity contribution < 1.29 is 19.2 Å². The molecular formula is C24H27N5O7. The lowest BCUT2D eigenvalue weighted by atomic mass is 10.2. The molecule has 0 spiro atoms. The molecule has 12 nitrogen and oxygen atoms in total. The van der Waals surface area contributed by atoms with Crippen molar-refractivity contribution in [2.45, 2.75) is 19.4 Å². The number of nitrogens with one attached hydrogen (secondary N) is 1. The monoisotopic (exact) mass is 497 g/mol. The van der Waals surface area contributed by atoms with Crippen LogP contribution in [0.1, 0.15) is 12.8 Å². The fourth-order valence-electron chi connectivity index (χ4n) is 4.33. The topological polar surface area (TPSA) is 140 Å². The van der Waals surface area contributed by atoms with E-state index in [-0.39, 0.29) is 24.6 Å². The second-order valence-electron chi connectivity index (χ2n) is 8.38. The molecule has 2 aromatic carbocycles. The van der Waals surface area contributed by atoms with Crippen molar-refractivity contribution in [3.05, 3.63) is 67.4 Å². The summed E-state index contributed by atoms with van der Waals surface area (Å²) in [5, 5.41) is 11.1. The number of carbonyl (C=O) groups is 1. The van der Waals surface area contributed by atoms with Gasteiger partial charge in [-0.3, -0.25) is 24.3 Å². The van der Waals surface area contributed by atoms with Crippen molar-refractivity contribution in [3.8, 4) is 11.5 Å².